The molecule has 0 fully saturated rings. The van der Waals surface area contributed by atoms with Gasteiger partial charge in [-0.2, -0.15) is 0 Å². The van der Waals surface area contributed by atoms with Crippen molar-refractivity contribution in [3.05, 3.63) is 52.4 Å². The van der Waals surface area contributed by atoms with Crippen LogP contribution >= 0.6 is 0 Å². The molecule has 2 atom stereocenters. The van der Waals surface area contributed by atoms with Crippen molar-refractivity contribution in [1.82, 2.24) is 10.3 Å². The molecule has 0 radical (unpaired) electrons. The molecule has 1 aliphatic carbocycles. The first-order chi connectivity index (χ1) is 14.5. The Labute approximate surface area is 180 Å². The molecule has 0 aliphatic heterocycles. The molecule has 168 valence electrons. The normalized spacial score (nSPS) is 18.7. The van der Waals surface area contributed by atoms with Gasteiger partial charge in [-0.05, 0) is 44.4 Å². The molecule has 2 rings (SSSR count). The van der Waals surface area contributed by atoms with Crippen LogP contribution in [0.4, 0.5) is 10.5 Å². The topological polar surface area (TPSA) is 130 Å². The van der Waals surface area contributed by atoms with Crippen LogP contribution < -0.4 is 5.32 Å². The van der Waals surface area contributed by atoms with Crippen molar-refractivity contribution in [3.63, 3.8) is 0 Å². The fourth-order valence-corrected chi connectivity index (χ4v) is 3.10. The molecule has 1 aromatic rings. The number of allylic oxidation sites excluding steroid dienone is 1. The monoisotopic (exact) mass is 433 g/mol. The second-order valence-electron chi connectivity index (χ2n) is 7.97. The van der Waals surface area contributed by atoms with Gasteiger partial charge in [-0.3, -0.25) is 19.9 Å². The van der Waals surface area contributed by atoms with Gasteiger partial charge < -0.3 is 19.5 Å². The highest BCUT2D eigenvalue weighted by Crippen LogP contribution is 2.35. The third-order valence-electron chi connectivity index (χ3n) is 4.38. The maximum absolute atomic E-state index is 12.4. The summed E-state index contributed by atoms with van der Waals surface area (Å²) in [6.07, 6.45) is 3.32. The molecule has 1 N–H and O–H groups in total. The standard InChI is InChI=1S/C21H27N3O7/c1-13-10-14(15-6-8-22-12-17(15)24(27)28)11-16(23-20(26)31-21(2,3)4)19(13)30-9-7-18(25)29-5/h6,8,11-12,16,19H,1,7,9-10H2,2-5H3,(H,23,26)/t16-,19-/m1/s1. The zero-order valence-electron chi connectivity index (χ0n) is 18.0. The smallest absolute Gasteiger partial charge is 0.408 e. The van der Waals surface area contributed by atoms with Gasteiger partial charge in [0.05, 0.1) is 36.7 Å². The number of carbonyl (C=O) groups excluding carboxylic acids is 2. The number of hydrogen-bond acceptors (Lipinski definition) is 8. The van der Waals surface area contributed by atoms with Crippen molar-refractivity contribution >= 4 is 23.3 Å². The number of rotatable bonds is 7. The lowest BCUT2D eigenvalue weighted by Gasteiger charge is -2.33. The van der Waals surface area contributed by atoms with Crippen LogP contribution in [0.25, 0.3) is 5.57 Å². The number of amides is 1. The quantitative estimate of drug-likeness (QED) is 0.300. The molecule has 1 amide bonds. The highest BCUT2D eigenvalue weighted by molar-refractivity contribution is 5.77. The van der Waals surface area contributed by atoms with Gasteiger partial charge in [0.2, 0.25) is 0 Å². The Morgan fingerprint density at radius 3 is 2.71 bits per heavy atom. The van der Waals surface area contributed by atoms with Crippen LogP contribution in [-0.2, 0) is 19.0 Å². The van der Waals surface area contributed by atoms with Crippen molar-refractivity contribution in [3.8, 4) is 0 Å². The number of hydrogen-bond donors (Lipinski definition) is 1. The predicted octanol–water partition coefficient (Wildman–Crippen LogP) is 3.17. The molecule has 0 saturated heterocycles. The first-order valence-corrected chi connectivity index (χ1v) is 9.67. The zero-order chi connectivity index (χ0) is 23.2. The van der Waals surface area contributed by atoms with Crippen molar-refractivity contribution in [2.45, 2.75) is 51.4 Å². The molecule has 0 saturated carbocycles. The van der Waals surface area contributed by atoms with E-state index in [2.05, 4.69) is 21.6 Å². The van der Waals surface area contributed by atoms with Crippen molar-refractivity contribution in [2.24, 2.45) is 0 Å². The lowest BCUT2D eigenvalue weighted by molar-refractivity contribution is -0.385. The molecule has 10 heteroatoms. The number of methoxy groups -OCH3 is 1. The minimum absolute atomic E-state index is 0.0336. The van der Waals surface area contributed by atoms with Crippen molar-refractivity contribution in [1.29, 1.82) is 0 Å². The van der Waals surface area contributed by atoms with Gasteiger partial charge in [-0.15, -0.1) is 0 Å². The fraction of sp³-hybridized carbons (Fsp3) is 0.476. The molecule has 0 aromatic carbocycles. The van der Waals surface area contributed by atoms with Gasteiger partial charge in [0.1, 0.15) is 17.9 Å². The van der Waals surface area contributed by atoms with Crippen molar-refractivity contribution < 1.29 is 28.7 Å². The second-order valence-corrected chi connectivity index (χ2v) is 7.97. The molecule has 1 aromatic heterocycles. The molecule has 0 bridgehead atoms. The number of nitrogens with zero attached hydrogens (tertiary/aromatic N) is 2. The molecular weight excluding hydrogens is 406 g/mol. The van der Waals surface area contributed by atoms with Crippen LogP contribution in [0, 0.1) is 10.1 Å². The van der Waals surface area contributed by atoms with Crippen LogP contribution in [-0.4, -0.2) is 53.4 Å². The first kappa shape index (κ1) is 24.0. The van der Waals surface area contributed by atoms with E-state index in [1.165, 1.54) is 19.5 Å². The number of nitro groups is 1. The van der Waals surface area contributed by atoms with E-state index in [-0.39, 0.29) is 18.7 Å². The summed E-state index contributed by atoms with van der Waals surface area (Å²) in [6, 6.07) is 0.830. The summed E-state index contributed by atoms with van der Waals surface area (Å²) in [4.78, 5) is 38.5. The summed E-state index contributed by atoms with van der Waals surface area (Å²) in [5.74, 6) is -0.429. The third-order valence-corrected chi connectivity index (χ3v) is 4.38. The van der Waals surface area contributed by atoms with Gasteiger partial charge >= 0.3 is 12.1 Å². The maximum atomic E-state index is 12.4. The predicted molar refractivity (Wildman–Crippen MR) is 112 cm³/mol. The first-order valence-electron chi connectivity index (χ1n) is 9.67. The molecular formula is C21H27N3O7. The summed E-state index contributed by atoms with van der Waals surface area (Å²) in [5, 5.41) is 14.1. The van der Waals surface area contributed by atoms with Gasteiger partial charge in [0.15, 0.2) is 0 Å². The second kappa shape index (κ2) is 10.2. The van der Waals surface area contributed by atoms with Crippen LogP contribution in [0.5, 0.6) is 0 Å². The molecule has 0 spiro atoms. The summed E-state index contributed by atoms with van der Waals surface area (Å²) in [7, 11) is 1.28. The number of carbonyl (C=O) groups is 2. The number of alkyl carbamates (subject to hydrolysis) is 1. The van der Waals surface area contributed by atoms with Crippen LogP contribution in [0.15, 0.2) is 36.7 Å². The minimum atomic E-state index is -0.715. The van der Waals surface area contributed by atoms with Gasteiger partial charge in [-0.25, -0.2) is 4.79 Å². The Balaban J connectivity index is 2.33. The maximum Gasteiger partial charge on any atom is 0.408 e. The number of ether oxygens (including phenoxy) is 3. The molecule has 1 heterocycles. The Morgan fingerprint density at radius 1 is 1.39 bits per heavy atom. The number of aromatic nitrogens is 1. The third kappa shape index (κ3) is 6.88. The zero-order valence-corrected chi connectivity index (χ0v) is 18.0. The SMILES string of the molecule is C=C1CC(c2ccncc2[N+](=O)[O-])=C[C@@H](NC(=O)OC(C)(C)C)[C@@H]1OCCC(=O)OC. The minimum Gasteiger partial charge on any atom is -0.469 e. The van der Waals surface area contributed by atoms with E-state index in [9.17, 15) is 19.7 Å². The highest BCUT2D eigenvalue weighted by Gasteiger charge is 2.33. The van der Waals surface area contributed by atoms with Crippen LogP contribution in [0.2, 0.25) is 0 Å². The Kier molecular flexibility index (Phi) is 7.87. The highest BCUT2D eigenvalue weighted by atomic mass is 16.6. The average molecular weight is 433 g/mol. The lowest BCUT2D eigenvalue weighted by Crippen LogP contribution is -2.47. The molecule has 0 unspecified atom stereocenters. The van der Waals surface area contributed by atoms with Gasteiger partial charge in [0.25, 0.3) is 5.69 Å². The summed E-state index contributed by atoms with van der Waals surface area (Å²) >= 11 is 0. The Bertz CT molecular complexity index is 889. The molecule has 31 heavy (non-hydrogen) atoms. The van der Waals surface area contributed by atoms with E-state index < -0.39 is 34.7 Å². The summed E-state index contributed by atoms with van der Waals surface area (Å²) < 4.78 is 15.8. The Morgan fingerprint density at radius 2 is 2.10 bits per heavy atom. The van der Waals surface area contributed by atoms with Crippen LogP contribution in [0.3, 0.4) is 0 Å². The largest absolute Gasteiger partial charge is 0.469 e. The summed E-state index contributed by atoms with van der Waals surface area (Å²) in [5.41, 5.74) is 0.711. The lowest BCUT2D eigenvalue weighted by atomic mass is 9.85. The van der Waals surface area contributed by atoms with E-state index in [0.29, 0.717) is 23.1 Å². The molecule has 1 aliphatic rings. The van der Waals surface area contributed by atoms with E-state index in [1.54, 1.807) is 32.9 Å². The average Bonchev–Trinajstić information content (AvgIpc) is 2.67. The fourth-order valence-electron chi connectivity index (χ4n) is 3.10. The summed E-state index contributed by atoms with van der Waals surface area (Å²) in [6.45, 7) is 9.30. The number of pyridine rings is 1. The van der Waals surface area contributed by atoms with Crippen molar-refractivity contribution in [2.75, 3.05) is 13.7 Å². The van der Waals surface area contributed by atoms with E-state index >= 15 is 0 Å². The molecule has 10 nitrogen and oxygen atoms in total. The van der Waals surface area contributed by atoms with Gasteiger partial charge in [0, 0.05) is 6.20 Å². The number of esters is 1. The van der Waals surface area contributed by atoms with Gasteiger partial charge in [-0.1, -0.05) is 12.7 Å². The Hall–Kier alpha value is -3.27. The number of nitrogens with one attached hydrogen (secondary N) is 1. The van der Waals surface area contributed by atoms with Crippen LogP contribution in [0.1, 0.15) is 39.2 Å². The van der Waals surface area contributed by atoms with E-state index in [1.807, 2.05) is 0 Å². The van der Waals surface area contributed by atoms with E-state index in [4.69, 9.17) is 9.47 Å². The van der Waals surface area contributed by atoms with E-state index in [0.717, 1.165) is 0 Å².